The molecule has 35 heavy (non-hydrogen) atoms. The molecule has 2 N–H and O–H groups in total. The molecule has 4 unspecified atom stereocenters. The average Bonchev–Trinajstić information content (AvgIpc) is 2.82. The van der Waals surface area contributed by atoms with E-state index in [0.717, 1.165) is 5.56 Å². The van der Waals surface area contributed by atoms with Crippen LogP contribution in [0.5, 0.6) is 0 Å². The van der Waals surface area contributed by atoms with Crippen molar-refractivity contribution in [1.29, 1.82) is 0 Å². The van der Waals surface area contributed by atoms with Gasteiger partial charge in [-0.1, -0.05) is 31.2 Å². The first kappa shape index (κ1) is 26.3. The molecular formula is C26H28O8S. The number of ketones is 2. The van der Waals surface area contributed by atoms with Crippen molar-refractivity contribution in [2.24, 2.45) is 23.7 Å². The lowest BCUT2D eigenvalue weighted by atomic mass is 9.65. The van der Waals surface area contributed by atoms with Gasteiger partial charge in [0, 0.05) is 24.7 Å². The number of aliphatic carboxylic acids is 2. The van der Waals surface area contributed by atoms with Gasteiger partial charge in [0.25, 0.3) is 0 Å². The van der Waals surface area contributed by atoms with Gasteiger partial charge in [0.2, 0.25) is 9.84 Å². The second-order valence-electron chi connectivity index (χ2n) is 9.00. The highest BCUT2D eigenvalue weighted by atomic mass is 32.2. The van der Waals surface area contributed by atoms with Crippen LogP contribution in [0.4, 0.5) is 0 Å². The van der Waals surface area contributed by atoms with Crippen LogP contribution in [0.3, 0.4) is 0 Å². The summed E-state index contributed by atoms with van der Waals surface area (Å²) in [5.41, 5.74) is 1.18. The smallest absolute Gasteiger partial charge is 0.307 e. The van der Waals surface area contributed by atoms with Gasteiger partial charge < -0.3 is 10.2 Å². The van der Waals surface area contributed by atoms with Gasteiger partial charge in [-0.05, 0) is 55.2 Å². The number of Topliss-reactive ketones (excluding diaryl/α,β-unsaturated/α-hetero) is 2. The molecule has 186 valence electrons. The molecule has 0 aliphatic heterocycles. The van der Waals surface area contributed by atoms with Crippen molar-refractivity contribution in [1.82, 2.24) is 0 Å². The second-order valence-corrected chi connectivity index (χ2v) is 11.0. The van der Waals surface area contributed by atoms with Gasteiger partial charge in [0.05, 0.1) is 21.6 Å². The van der Waals surface area contributed by atoms with Gasteiger partial charge in [0.15, 0.2) is 0 Å². The summed E-state index contributed by atoms with van der Waals surface area (Å²) in [7, 11) is -3.82. The topological polar surface area (TPSA) is 143 Å². The van der Waals surface area contributed by atoms with Crippen LogP contribution in [0.2, 0.25) is 0 Å². The summed E-state index contributed by atoms with van der Waals surface area (Å²) in [6, 6.07) is 12.4. The summed E-state index contributed by atoms with van der Waals surface area (Å²) in [4.78, 5) is 49.4. The largest absolute Gasteiger partial charge is 0.481 e. The van der Waals surface area contributed by atoms with Crippen LogP contribution in [0.25, 0.3) is 0 Å². The standard InChI is InChI=1S/C26H28O8S/c1-3-23(27)19-13-20(22(26(31)32)14-21(19)25(29)30)24(28)12-16-7-5-9-18(11-16)35(33,34)17-8-4-6-15(2)10-17/h4-11,19-22H,3,12-14H2,1-2H3,(H,29,30)(H,31,32). The van der Waals surface area contributed by atoms with E-state index >= 15 is 0 Å². The molecule has 0 bridgehead atoms. The molecule has 8 nitrogen and oxygen atoms in total. The maximum absolute atomic E-state index is 13.2. The lowest BCUT2D eigenvalue weighted by molar-refractivity contribution is -0.158. The number of benzene rings is 2. The molecule has 1 fully saturated rings. The normalized spacial score (nSPS) is 22.3. The van der Waals surface area contributed by atoms with Gasteiger partial charge in [-0.15, -0.1) is 0 Å². The number of rotatable bonds is 9. The quantitative estimate of drug-likeness (QED) is 0.534. The van der Waals surface area contributed by atoms with Crippen LogP contribution in [0.15, 0.2) is 58.3 Å². The van der Waals surface area contributed by atoms with Crippen molar-refractivity contribution in [2.45, 2.75) is 49.3 Å². The molecule has 1 aliphatic carbocycles. The Morgan fingerprint density at radius 1 is 0.800 bits per heavy atom. The Hall–Kier alpha value is -3.33. The maximum Gasteiger partial charge on any atom is 0.307 e. The molecule has 0 spiro atoms. The van der Waals surface area contributed by atoms with E-state index in [4.69, 9.17) is 0 Å². The van der Waals surface area contributed by atoms with Gasteiger partial charge in [-0.3, -0.25) is 19.2 Å². The molecule has 1 aliphatic rings. The Balaban J connectivity index is 1.88. The van der Waals surface area contributed by atoms with Crippen molar-refractivity contribution in [2.75, 3.05) is 0 Å². The molecule has 3 rings (SSSR count). The highest BCUT2D eigenvalue weighted by Gasteiger charge is 2.48. The minimum Gasteiger partial charge on any atom is -0.481 e. The highest BCUT2D eigenvalue weighted by molar-refractivity contribution is 7.91. The number of hydrogen-bond acceptors (Lipinski definition) is 6. The fourth-order valence-electron chi connectivity index (χ4n) is 4.80. The van der Waals surface area contributed by atoms with Crippen LogP contribution >= 0.6 is 0 Å². The zero-order valence-corrected chi connectivity index (χ0v) is 20.3. The zero-order valence-electron chi connectivity index (χ0n) is 19.5. The number of carbonyl (C=O) groups excluding carboxylic acids is 2. The number of aryl methyl sites for hydroxylation is 1. The number of carboxylic acid groups (broad SMARTS) is 2. The van der Waals surface area contributed by atoms with E-state index in [1.165, 1.54) is 24.3 Å². The predicted molar refractivity (Wildman–Crippen MR) is 126 cm³/mol. The van der Waals surface area contributed by atoms with E-state index in [2.05, 4.69) is 0 Å². The first-order valence-corrected chi connectivity index (χ1v) is 12.9. The number of hydrogen-bond donors (Lipinski definition) is 2. The molecule has 0 aromatic heterocycles. The molecule has 0 saturated heterocycles. The third-order valence-electron chi connectivity index (χ3n) is 6.68. The van der Waals surface area contributed by atoms with E-state index in [1.807, 2.05) is 0 Å². The SMILES string of the molecule is CCC(=O)C1CC(C(=O)Cc2cccc(S(=O)(=O)c3cccc(C)c3)c2)C(C(=O)O)CC1C(=O)O. The first-order chi connectivity index (χ1) is 16.4. The number of carbonyl (C=O) groups is 4. The number of sulfone groups is 1. The van der Waals surface area contributed by atoms with Crippen LogP contribution in [0, 0.1) is 30.6 Å². The minimum absolute atomic E-state index is 0.0109. The van der Waals surface area contributed by atoms with Gasteiger partial charge >= 0.3 is 11.9 Å². The predicted octanol–water partition coefficient (Wildman–Crippen LogP) is 3.35. The molecule has 2 aromatic rings. The summed E-state index contributed by atoms with van der Waals surface area (Å²) in [6.45, 7) is 3.38. The molecule has 1 saturated carbocycles. The molecule has 0 heterocycles. The van der Waals surface area contributed by atoms with E-state index in [0.29, 0.717) is 5.56 Å². The van der Waals surface area contributed by atoms with Crippen LogP contribution in [-0.2, 0) is 35.4 Å². The fourth-order valence-corrected chi connectivity index (χ4v) is 6.23. The zero-order chi connectivity index (χ0) is 25.9. The van der Waals surface area contributed by atoms with Gasteiger partial charge in [-0.2, -0.15) is 0 Å². The Labute approximate surface area is 203 Å². The third-order valence-corrected chi connectivity index (χ3v) is 8.43. The summed E-state index contributed by atoms with van der Waals surface area (Å²) in [6.07, 6.45) is -0.595. The Bertz CT molecular complexity index is 1260. The minimum atomic E-state index is -3.82. The summed E-state index contributed by atoms with van der Waals surface area (Å²) >= 11 is 0. The lowest BCUT2D eigenvalue weighted by Crippen LogP contribution is -2.45. The molecule has 9 heteroatoms. The molecule has 0 amide bonds. The average molecular weight is 501 g/mol. The van der Waals surface area contributed by atoms with Gasteiger partial charge in [0.1, 0.15) is 11.6 Å². The van der Waals surface area contributed by atoms with Gasteiger partial charge in [-0.25, -0.2) is 8.42 Å². The summed E-state index contributed by atoms with van der Waals surface area (Å²) < 4.78 is 26.1. The maximum atomic E-state index is 13.2. The second kappa shape index (κ2) is 10.5. The molecular weight excluding hydrogens is 472 g/mol. The lowest BCUT2D eigenvalue weighted by Gasteiger charge is -2.36. The first-order valence-electron chi connectivity index (χ1n) is 11.4. The fraction of sp³-hybridized carbons (Fsp3) is 0.385. The van der Waals surface area contributed by atoms with Crippen molar-refractivity contribution >= 4 is 33.3 Å². The van der Waals surface area contributed by atoms with E-state index in [1.54, 1.807) is 38.1 Å². The van der Waals surface area contributed by atoms with E-state index < -0.39 is 51.2 Å². The van der Waals surface area contributed by atoms with Crippen LogP contribution < -0.4 is 0 Å². The number of carboxylic acids is 2. The van der Waals surface area contributed by atoms with Crippen LogP contribution in [0.1, 0.15) is 37.3 Å². The monoisotopic (exact) mass is 500 g/mol. The van der Waals surface area contributed by atoms with Crippen molar-refractivity contribution in [3.05, 3.63) is 59.7 Å². The highest BCUT2D eigenvalue weighted by Crippen LogP contribution is 2.40. The Kier molecular flexibility index (Phi) is 7.90. The van der Waals surface area contributed by atoms with Crippen LogP contribution in [-0.4, -0.2) is 42.1 Å². The Morgan fingerprint density at radius 2 is 1.31 bits per heavy atom. The van der Waals surface area contributed by atoms with Crippen molar-refractivity contribution in [3.8, 4) is 0 Å². The summed E-state index contributed by atoms with van der Waals surface area (Å²) in [5, 5.41) is 19.2. The van der Waals surface area contributed by atoms with E-state index in [9.17, 15) is 37.8 Å². The van der Waals surface area contributed by atoms with E-state index in [-0.39, 0.29) is 41.3 Å². The molecule has 2 aromatic carbocycles. The Morgan fingerprint density at radius 3 is 1.86 bits per heavy atom. The molecule has 4 atom stereocenters. The van der Waals surface area contributed by atoms with Crippen molar-refractivity contribution in [3.63, 3.8) is 0 Å². The summed E-state index contributed by atoms with van der Waals surface area (Å²) in [5.74, 6) is -7.67. The third kappa shape index (κ3) is 5.67. The molecule has 0 radical (unpaired) electrons. The van der Waals surface area contributed by atoms with Crippen molar-refractivity contribution < 1.29 is 37.8 Å².